The van der Waals surface area contributed by atoms with Crippen LogP contribution in [-0.2, 0) is 16.1 Å². The summed E-state index contributed by atoms with van der Waals surface area (Å²) in [5, 5.41) is 0. The summed E-state index contributed by atoms with van der Waals surface area (Å²) >= 11 is 4.86. The Labute approximate surface area is 118 Å². The van der Waals surface area contributed by atoms with Crippen molar-refractivity contribution in [2.24, 2.45) is 5.73 Å². The first-order valence-electron chi connectivity index (χ1n) is 6.07. The largest absolute Gasteiger partial charge is 0.393 e. The Morgan fingerprint density at radius 3 is 2.89 bits per heavy atom. The van der Waals surface area contributed by atoms with Crippen LogP contribution >= 0.6 is 12.2 Å². The maximum Gasteiger partial charge on any atom is 0.225 e. The van der Waals surface area contributed by atoms with E-state index in [2.05, 4.69) is 4.98 Å². The lowest BCUT2D eigenvalue weighted by molar-refractivity contribution is -0.132. The van der Waals surface area contributed by atoms with Crippen LogP contribution in [0.25, 0.3) is 0 Å². The molecule has 1 aromatic rings. The van der Waals surface area contributed by atoms with Crippen LogP contribution in [0.2, 0.25) is 0 Å². The number of carbonyl (C=O) groups is 1. The van der Waals surface area contributed by atoms with E-state index in [1.807, 2.05) is 12.1 Å². The molecule has 6 heteroatoms. The van der Waals surface area contributed by atoms with Gasteiger partial charge in [0, 0.05) is 39.0 Å². The third-order valence-corrected chi connectivity index (χ3v) is 2.80. The maximum absolute atomic E-state index is 12.1. The van der Waals surface area contributed by atoms with Crippen LogP contribution in [0.15, 0.2) is 24.5 Å². The molecule has 0 spiro atoms. The average Bonchev–Trinajstić information content (AvgIpc) is 2.41. The molecule has 1 amide bonds. The van der Waals surface area contributed by atoms with Crippen LogP contribution in [-0.4, -0.2) is 41.0 Å². The van der Waals surface area contributed by atoms with Gasteiger partial charge in [-0.05, 0) is 11.6 Å². The highest BCUT2D eigenvalue weighted by molar-refractivity contribution is 7.80. The molecule has 0 aliphatic heterocycles. The zero-order chi connectivity index (χ0) is 14.1. The van der Waals surface area contributed by atoms with E-state index in [9.17, 15) is 4.79 Å². The van der Waals surface area contributed by atoms with Crippen molar-refractivity contribution in [3.05, 3.63) is 30.1 Å². The lowest BCUT2D eigenvalue weighted by atomic mass is 10.2. The topological polar surface area (TPSA) is 68.5 Å². The highest BCUT2D eigenvalue weighted by Gasteiger charge is 2.14. The third-order valence-electron chi connectivity index (χ3n) is 2.60. The second kappa shape index (κ2) is 8.55. The fourth-order valence-corrected chi connectivity index (χ4v) is 1.69. The number of hydrogen-bond acceptors (Lipinski definition) is 4. The van der Waals surface area contributed by atoms with E-state index >= 15 is 0 Å². The van der Waals surface area contributed by atoms with Gasteiger partial charge in [-0.3, -0.25) is 9.78 Å². The van der Waals surface area contributed by atoms with Crippen molar-refractivity contribution in [1.29, 1.82) is 0 Å². The van der Waals surface area contributed by atoms with Crippen molar-refractivity contribution >= 4 is 23.1 Å². The maximum atomic E-state index is 12.1. The third kappa shape index (κ3) is 6.26. The minimum absolute atomic E-state index is 0.0296. The van der Waals surface area contributed by atoms with Crippen molar-refractivity contribution in [3.63, 3.8) is 0 Å². The van der Waals surface area contributed by atoms with E-state index in [1.165, 1.54) is 0 Å². The first kappa shape index (κ1) is 15.5. The van der Waals surface area contributed by atoms with Gasteiger partial charge in [0.1, 0.15) is 0 Å². The molecule has 1 aromatic heterocycles. The van der Waals surface area contributed by atoms with Gasteiger partial charge in [-0.2, -0.15) is 0 Å². The minimum Gasteiger partial charge on any atom is -0.393 e. The van der Waals surface area contributed by atoms with Crippen LogP contribution < -0.4 is 5.73 Å². The number of nitrogens with two attached hydrogens (primary N) is 1. The Kier molecular flexibility index (Phi) is 6.99. The molecule has 0 unspecified atom stereocenters. The van der Waals surface area contributed by atoms with E-state index in [-0.39, 0.29) is 5.91 Å². The second-order valence-corrected chi connectivity index (χ2v) is 4.66. The number of methoxy groups -OCH3 is 1. The molecule has 0 fully saturated rings. The van der Waals surface area contributed by atoms with Crippen molar-refractivity contribution in [1.82, 2.24) is 9.88 Å². The van der Waals surface area contributed by atoms with Gasteiger partial charge in [0.2, 0.25) is 5.91 Å². The number of amides is 1. The Balaban J connectivity index is 2.62. The first-order chi connectivity index (χ1) is 9.13. The predicted octanol–water partition coefficient (Wildman–Crippen LogP) is 1.12. The molecule has 0 radical (unpaired) electrons. The predicted molar refractivity (Wildman–Crippen MR) is 77.5 cm³/mol. The fraction of sp³-hybridized carbons (Fsp3) is 0.462. The number of pyridine rings is 1. The number of carbonyl (C=O) groups excluding carboxylic acids is 1. The van der Waals surface area contributed by atoms with Gasteiger partial charge < -0.3 is 15.4 Å². The first-order valence-corrected chi connectivity index (χ1v) is 6.48. The standard InChI is InChI=1S/C13H19N3O2S/c1-18-8-5-13(17)16(7-4-12(14)19)10-11-3-2-6-15-9-11/h2-3,6,9H,4-5,7-8,10H2,1H3,(H2,14,19). The van der Waals surface area contributed by atoms with Crippen molar-refractivity contribution in [2.75, 3.05) is 20.3 Å². The molecule has 5 nitrogen and oxygen atoms in total. The zero-order valence-electron chi connectivity index (χ0n) is 11.0. The highest BCUT2D eigenvalue weighted by atomic mass is 32.1. The van der Waals surface area contributed by atoms with Crippen molar-refractivity contribution < 1.29 is 9.53 Å². The van der Waals surface area contributed by atoms with Gasteiger partial charge in [0.25, 0.3) is 0 Å². The molecule has 0 aliphatic rings. The smallest absolute Gasteiger partial charge is 0.225 e. The fourth-order valence-electron chi connectivity index (χ4n) is 1.60. The van der Waals surface area contributed by atoms with E-state index in [4.69, 9.17) is 22.7 Å². The van der Waals surface area contributed by atoms with Crippen LogP contribution in [0, 0.1) is 0 Å². The summed E-state index contributed by atoms with van der Waals surface area (Å²) < 4.78 is 4.93. The molecular formula is C13H19N3O2S. The summed E-state index contributed by atoms with van der Waals surface area (Å²) in [6.45, 7) is 1.45. The molecule has 1 heterocycles. The molecule has 0 bridgehead atoms. The monoisotopic (exact) mass is 281 g/mol. The Bertz CT molecular complexity index is 412. The van der Waals surface area contributed by atoms with Crippen LogP contribution in [0.5, 0.6) is 0 Å². The van der Waals surface area contributed by atoms with Crippen LogP contribution in [0.4, 0.5) is 0 Å². The molecule has 2 N–H and O–H groups in total. The summed E-state index contributed by atoms with van der Waals surface area (Å²) in [5.74, 6) is 0.0296. The average molecular weight is 281 g/mol. The number of ether oxygens (including phenoxy) is 1. The molecule has 1 rings (SSSR count). The minimum atomic E-state index is 0.0296. The van der Waals surface area contributed by atoms with E-state index in [0.717, 1.165) is 5.56 Å². The summed E-state index contributed by atoms with van der Waals surface area (Å²) in [5.41, 5.74) is 6.47. The molecule has 0 aromatic carbocycles. The molecule has 19 heavy (non-hydrogen) atoms. The van der Waals surface area contributed by atoms with Crippen LogP contribution in [0.3, 0.4) is 0 Å². The van der Waals surface area contributed by atoms with Gasteiger partial charge in [-0.25, -0.2) is 0 Å². The Hall–Kier alpha value is -1.53. The molecule has 0 atom stereocenters. The molecule has 0 saturated heterocycles. The van der Waals surface area contributed by atoms with E-state index in [1.54, 1.807) is 24.4 Å². The Morgan fingerprint density at radius 2 is 2.32 bits per heavy atom. The number of hydrogen-bond donors (Lipinski definition) is 1. The highest BCUT2D eigenvalue weighted by Crippen LogP contribution is 2.06. The summed E-state index contributed by atoms with van der Waals surface area (Å²) in [7, 11) is 1.58. The normalized spacial score (nSPS) is 10.2. The zero-order valence-corrected chi connectivity index (χ0v) is 11.9. The number of nitrogens with zero attached hydrogens (tertiary/aromatic N) is 2. The summed E-state index contributed by atoms with van der Waals surface area (Å²) in [6.07, 6.45) is 4.33. The van der Waals surface area contributed by atoms with Gasteiger partial charge in [0.15, 0.2) is 0 Å². The van der Waals surface area contributed by atoms with E-state index in [0.29, 0.717) is 37.5 Å². The van der Waals surface area contributed by atoms with Crippen molar-refractivity contribution in [3.8, 4) is 0 Å². The second-order valence-electron chi connectivity index (χ2n) is 4.14. The SMILES string of the molecule is COCCC(=O)N(CCC(N)=S)Cc1cccnc1. The molecular weight excluding hydrogens is 262 g/mol. The van der Waals surface area contributed by atoms with Crippen LogP contribution in [0.1, 0.15) is 18.4 Å². The molecule has 104 valence electrons. The summed E-state index contributed by atoms with van der Waals surface area (Å²) in [4.78, 5) is 18.2. The van der Waals surface area contributed by atoms with Gasteiger partial charge >= 0.3 is 0 Å². The summed E-state index contributed by atoms with van der Waals surface area (Å²) in [6, 6.07) is 3.78. The quantitative estimate of drug-likeness (QED) is 0.723. The lowest BCUT2D eigenvalue weighted by Gasteiger charge is -2.22. The molecule has 0 saturated carbocycles. The lowest BCUT2D eigenvalue weighted by Crippen LogP contribution is -2.33. The van der Waals surface area contributed by atoms with Gasteiger partial charge in [0.05, 0.1) is 18.0 Å². The van der Waals surface area contributed by atoms with Gasteiger partial charge in [-0.15, -0.1) is 0 Å². The number of thiocarbonyl (C=S) groups is 1. The van der Waals surface area contributed by atoms with Gasteiger partial charge in [-0.1, -0.05) is 18.3 Å². The molecule has 0 aliphatic carbocycles. The number of rotatable bonds is 8. The van der Waals surface area contributed by atoms with Crippen molar-refractivity contribution in [2.45, 2.75) is 19.4 Å². The van der Waals surface area contributed by atoms with E-state index < -0.39 is 0 Å². The Morgan fingerprint density at radius 1 is 1.53 bits per heavy atom. The number of aromatic nitrogens is 1.